The fourth-order valence-corrected chi connectivity index (χ4v) is 3.93. The summed E-state index contributed by atoms with van der Waals surface area (Å²) in [5, 5.41) is 13.0. The highest BCUT2D eigenvalue weighted by atomic mass is 35.5. The van der Waals surface area contributed by atoms with Crippen LogP contribution in [0.3, 0.4) is 0 Å². The van der Waals surface area contributed by atoms with Crippen LogP contribution in [0.25, 0.3) is 0 Å². The topological polar surface area (TPSA) is 65.4 Å². The molecule has 26 heavy (non-hydrogen) atoms. The number of rotatable bonds is 5. The second-order valence-electron chi connectivity index (χ2n) is 7.60. The zero-order valence-corrected chi connectivity index (χ0v) is 16.0. The second kappa shape index (κ2) is 8.28. The van der Waals surface area contributed by atoms with Crippen molar-refractivity contribution >= 4 is 23.2 Å². The monoisotopic (exact) mass is 375 g/mol. The van der Waals surface area contributed by atoms with Crippen molar-refractivity contribution in [2.24, 2.45) is 11.3 Å². The molecule has 2 fully saturated rings. The lowest BCUT2D eigenvalue weighted by Gasteiger charge is -2.39. The van der Waals surface area contributed by atoms with Gasteiger partial charge in [-0.3, -0.25) is 4.79 Å². The SMILES string of the molecule is CC1(C(=O)NCCC2CCOC2)CCN(c2ccc(Cl)cc2C#N)CC1. The first-order chi connectivity index (χ1) is 12.5. The van der Waals surface area contributed by atoms with E-state index < -0.39 is 0 Å². The summed E-state index contributed by atoms with van der Waals surface area (Å²) in [6, 6.07) is 7.62. The highest BCUT2D eigenvalue weighted by Gasteiger charge is 2.37. The molecule has 0 aliphatic carbocycles. The number of hydrogen-bond donors (Lipinski definition) is 1. The third-order valence-electron chi connectivity index (χ3n) is 5.70. The highest BCUT2D eigenvalue weighted by Crippen LogP contribution is 2.35. The Hall–Kier alpha value is -1.77. The molecule has 3 rings (SSSR count). The number of ether oxygens (including phenoxy) is 1. The van der Waals surface area contributed by atoms with E-state index in [1.807, 2.05) is 19.1 Å². The quantitative estimate of drug-likeness (QED) is 0.856. The molecule has 1 amide bonds. The lowest BCUT2D eigenvalue weighted by molar-refractivity contribution is -0.131. The van der Waals surface area contributed by atoms with Crippen molar-refractivity contribution in [3.05, 3.63) is 28.8 Å². The van der Waals surface area contributed by atoms with E-state index in [2.05, 4.69) is 16.3 Å². The van der Waals surface area contributed by atoms with Crippen LogP contribution in [-0.2, 0) is 9.53 Å². The summed E-state index contributed by atoms with van der Waals surface area (Å²) < 4.78 is 5.38. The first kappa shape index (κ1) is 19.0. The minimum absolute atomic E-state index is 0.146. The maximum absolute atomic E-state index is 12.7. The molecule has 0 radical (unpaired) electrons. The first-order valence-corrected chi connectivity index (χ1v) is 9.70. The number of nitrogens with zero attached hydrogens (tertiary/aromatic N) is 2. The van der Waals surface area contributed by atoms with Crippen molar-refractivity contribution in [2.45, 2.75) is 32.6 Å². The van der Waals surface area contributed by atoms with Gasteiger partial charge in [-0.05, 0) is 49.8 Å². The lowest BCUT2D eigenvalue weighted by Crippen LogP contribution is -2.47. The number of hydrogen-bond acceptors (Lipinski definition) is 4. The van der Waals surface area contributed by atoms with Crippen molar-refractivity contribution in [3.8, 4) is 6.07 Å². The summed E-state index contributed by atoms with van der Waals surface area (Å²) in [7, 11) is 0. The average Bonchev–Trinajstić information content (AvgIpc) is 3.16. The van der Waals surface area contributed by atoms with Crippen LogP contribution in [0.2, 0.25) is 5.02 Å². The highest BCUT2D eigenvalue weighted by molar-refractivity contribution is 6.30. The molecule has 2 aliphatic rings. The second-order valence-corrected chi connectivity index (χ2v) is 8.03. The van der Waals surface area contributed by atoms with Gasteiger partial charge in [0.1, 0.15) is 6.07 Å². The number of carbonyl (C=O) groups is 1. The van der Waals surface area contributed by atoms with Gasteiger partial charge in [-0.15, -0.1) is 0 Å². The van der Waals surface area contributed by atoms with Gasteiger partial charge in [0.15, 0.2) is 0 Å². The van der Waals surface area contributed by atoms with E-state index in [9.17, 15) is 10.1 Å². The smallest absolute Gasteiger partial charge is 0.226 e. The number of amides is 1. The van der Waals surface area contributed by atoms with Crippen molar-refractivity contribution in [2.75, 3.05) is 37.7 Å². The molecule has 5 nitrogen and oxygen atoms in total. The van der Waals surface area contributed by atoms with E-state index >= 15 is 0 Å². The van der Waals surface area contributed by atoms with Crippen LogP contribution in [-0.4, -0.2) is 38.8 Å². The molecule has 6 heteroatoms. The van der Waals surface area contributed by atoms with E-state index in [1.54, 1.807) is 6.07 Å². The molecule has 1 aromatic rings. The van der Waals surface area contributed by atoms with Gasteiger partial charge in [-0.25, -0.2) is 0 Å². The molecular weight excluding hydrogens is 350 g/mol. The van der Waals surface area contributed by atoms with Crippen molar-refractivity contribution in [1.29, 1.82) is 5.26 Å². The van der Waals surface area contributed by atoms with Gasteiger partial charge in [-0.2, -0.15) is 5.26 Å². The maximum atomic E-state index is 12.7. The molecule has 1 atom stereocenters. The number of nitriles is 1. The van der Waals surface area contributed by atoms with Crippen molar-refractivity contribution < 1.29 is 9.53 Å². The zero-order valence-electron chi connectivity index (χ0n) is 15.3. The predicted octanol–water partition coefficient (Wildman–Crippen LogP) is 3.36. The molecule has 2 aliphatic heterocycles. The summed E-state index contributed by atoms with van der Waals surface area (Å²) in [5.74, 6) is 0.729. The van der Waals surface area contributed by atoms with Gasteiger partial charge < -0.3 is 15.0 Å². The fourth-order valence-electron chi connectivity index (χ4n) is 3.76. The Kier molecular flexibility index (Phi) is 6.05. The number of halogens is 1. The minimum Gasteiger partial charge on any atom is -0.381 e. The van der Waals surface area contributed by atoms with Gasteiger partial charge >= 0.3 is 0 Å². The zero-order chi connectivity index (χ0) is 18.6. The molecule has 0 bridgehead atoms. The number of piperidine rings is 1. The normalized spacial score (nSPS) is 22.0. The van der Waals surface area contributed by atoms with E-state index in [0.29, 0.717) is 16.5 Å². The number of nitrogens with one attached hydrogen (secondary N) is 1. The van der Waals surface area contributed by atoms with E-state index in [-0.39, 0.29) is 11.3 Å². The molecule has 1 aromatic carbocycles. The number of anilines is 1. The van der Waals surface area contributed by atoms with Crippen molar-refractivity contribution in [3.63, 3.8) is 0 Å². The molecule has 140 valence electrons. The summed E-state index contributed by atoms with van der Waals surface area (Å²) in [6.45, 7) is 5.96. The minimum atomic E-state index is -0.345. The summed E-state index contributed by atoms with van der Waals surface area (Å²) in [5.41, 5.74) is 1.15. The Labute approximate surface area is 160 Å². The molecule has 0 saturated carbocycles. The standard InChI is InChI=1S/C20H26ClN3O2/c1-20(19(25)23-8-4-15-5-11-26-14-15)6-9-24(10-7-20)18-3-2-17(21)12-16(18)13-22/h2-3,12,15H,4-11,14H2,1H3,(H,23,25). The molecule has 1 unspecified atom stereocenters. The molecule has 2 heterocycles. The molecule has 0 aromatic heterocycles. The first-order valence-electron chi connectivity index (χ1n) is 9.32. The fraction of sp³-hybridized carbons (Fsp3) is 0.600. The van der Waals surface area contributed by atoms with Crippen LogP contribution in [0.5, 0.6) is 0 Å². The number of carbonyl (C=O) groups excluding carboxylic acids is 1. The van der Waals surface area contributed by atoms with Gasteiger partial charge in [0, 0.05) is 43.3 Å². The Bertz CT molecular complexity index is 687. The average molecular weight is 376 g/mol. The van der Waals surface area contributed by atoms with Gasteiger partial charge in [0.05, 0.1) is 11.3 Å². The Morgan fingerprint density at radius 3 is 2.88 bits per heavy atom. The predicted molar refractivity (Wildman–Crippen MR) is 102 cm³/mol. The van der Waals surface area contributed by atoms with Crippen LogP contribution in [0.15, 0.2) is 18.2 Å². The molecule has 0 spiro atoms. The van der Waals surface area contributed by atoms with Crippen LogP contribution >= 0.6 is 11.6 Å². The van der Waals surface area contributed by atoms with Crippen molar-refractivity contribution in [1.82, 2.24) is 5.32 Å². The summed E-state index contributed by atoms with van der Waals surface area (Å²) in [6.07, 6.45) is 3.65. The molecule has 2 saturated heterocycles. The third-order valence-corrected chi connectivity index (χ3v) is 5.93. The van der Waals surface area contributed by atoms with Gasteiger partial charge in [0.25, 0.3) is 0 Å². The Morgan fingerprint density at radius 2 is 2.23 bits per heavy atom. The van der Waals surface area contributed by atoms with Gasteiger partial charge in [-0.1, -0.05) is 18.5 Å². The van der Waals surface area contributed by atoms with Crippen LogP contribution < -0.4 is 10.2 Å². The lowest BCUT2D eigenvalue weighted by atomic mass is 9.79. The van der Waals surface area contributed by atoms with Gasteiger partial charge in [0.2, 0.25) is 5.91 Å². The number of benzene rings is 1. The van der Waals surface area contributed by atoms with E-state index in [4.69, 9.17) is 16.3 Å². The Morgan fingerprint density at radius 1 is 1.46 bits per heavy atom. The largest absolute Gasteiger partial charge is 0.381 e. The van der Waals surface area contributed by atoms with Crippen LogP contribution in [0, 0.1) is 22.7 Å². The third kappa shape index (κ3) is 4.31. The van der Waals surface area contributed by atoms with Crippen LogP contribution in [0.1, 0.15) is 38.2 Å². The summed E-state index contributed by atoms with van der Waals surface area (Å²) in [4.78, 5) is 14.9. The van der Waals surface area contributed by atoms with Crippen LogP contribution in [0.4, 0.5) is 5.69 Å². The molecular formula is C20H26ClN3O2. The summed E-state index contributed by atoms with van der Waals surface area (Å²) >= 11 is 5.99. The molecule has 1 N–H and O–H groups in total. The maximum Gasteiger partial charge on any atom is 0.226 e. The van der Waals surface area contributed by atoms with E-state index in [0.717, 1.165) is 64.2 Å². The Balaban J connectivity index is 1.53. The van der Waals surface area contributed by atoms with E-state index in [1.165, 1.54) is 0 Å².